The van der Waals surface area contributed by atoms with Crippen LogP contribution >= 0.6 is 11.6 Å². The Labute approximate surface area is 125 Å². The molecule has 0 atom stereocenters. The first-order chi connectivity index (χ1) is 9.69. The molecule has 0 bridgehead atoms. The van der Waals surface area contributed by atoms with Crippen LogP contribution in [0.25, 0.3) is 0 Å². The maximum atomic E-state index is 6.07. The second kappa shape index (κ2) is 7.32. The van der Waals surface area contributed by atoms with Crippen molar-refractivity contribution in [3.05, 3.63) is 58.6 Å². The molecule has 0 aliphatic heterocycles. The summed E-state index contributed by atoms with van der Waals surface area (Å²) in [5.41, 5.74) is 2.33. The number of benzene rings is 2. The summed E-state index contributed by atoms with van der Waals surface area (Å²) in [6.45, 7) is 5.99. The molecule has 0 saturated heterocycles. The van der Waals surface area contributed by atoms with Gasteiger partial charge in [0.1, 0.15) is 11.5 Å². The number of hydrogen-bond donors (Lipinski definition) is 1. The lowest BCUT2D eigenvalue weighted by atomic mass is 10.2. The topological polar surface area (TPSA) is 21.3 Å². The molecule has 0 aliphatic carbocycles. The molecule has 0 saturated carbocycles. The Morgan fingerprint density at radius 3 is 2.55 bits per heavy atom. The lowest BCUT2D eigenvalue weighted by Crippen LogP contribution is -2.14. The van der Waals surface area contributed by atoms with Crippen molar-refractivity contribution in [1.29, 1.82) is 0 Å². The monoisotopic (exact) mass is 289 g/mol. The number of hydrogen-bond acceptors (Lipinski definition) is 2. The van der Waals surface area contributed by atoms with E-state index in [2.05, 4.69) is 19.2 Å². The maximum Gasteiger partial charge on any atom is 0.133 e. The van der Waals surface area contributed by atoms with E-state index in [9.17, 15) is 0 Å². The summed E-state index contributed by atoms with van der Waals surface area (Å²) < 4.78 is 5.95. The smallest absolute Gasteiger partial charge is 0.133 e. The fourth-order valence-electron chi connectivity index (χ4n) is 1.90. The van der Waals surface area contributed by atoms with Crippen LogP contribution < -0.4 is 10.1 Å². The Kier molecular flexibility index (Phi) is 5.45. The summed E-state index contributed by atoms with van der Waals surface area (Å²) in [5.74, 6) is 1.64. The first-order valence-corrected chi connectivity index (χ1v) is 7.30. The fraction of sp³-hybridized carbons (Fsp3) is 0.294. The van der Waals surface area contributed by atoms with Gasteiger partial charge in [0.15, 0.2) is 0 Å². The van der Waals surface area contributed by atoms with Gasteiger partial charge in [-0.15, -0.1) is 0 Å². The zero-order valence-corrected chi connectivity index (χ0v) is 12.7. The average molecular weight is 290 g/mol. The minimum Gasteiger partial charge on any atom is -0.457 e. The van der Waals surface area contributed by atoms with Crippen LogP contribution in [0.15, 0.2) is 42.5 Å². The van der Waals surface area contributed by atoms with Gasteiger partial charge < -0.3 is 10.1 Å². The predicted molar refractivity (Wildman–Crippen MR) is 84.7 cm³/mol. The largest absolute Gasteiger partial charge is 0.457 e. The quantitative estimate of drug-likeness (QED) is 0.761. The highest BCUT2D eigenvalue weighted by Crippen LogP contribution is 2.28. The van der Waals surface area contributed by atoms with Crippen LogP contribution in [0.5, 0.6) is 11.5 Å². The van der Waals surface area contributed by atoms with Crippen molar-refractivity contribution in [2.75, 3.05) is 6.54 Å². The minimum atomic E-state index is 0.686. The fourth-order valence-corrected chi connectivity index (χ4v) is 2.06. The normalized spacial score (nSPS) is 10.6. The SMILES string of the molecule is CCCNCc1ccc(Cl)cc1Oc1ccc(C)cc1. The Balaban J connectivity index is 2.15. The molecule has 0 radical (unpaired) electrons. The molecule has 2 nitrogen and oxygen atoms in total. The van der Waals surface area contributed by atoms with E-state index in [1.54, 1.807) is 0 Å². The van der Waals surface area contributed by atoms with E-state index in [1.165, 1.54) is 5.56 Å². The Morgan fingerprint density at radius 1 is 1.10 bits per heavy atom. The van der Waals surface area contributed by atoms with Crippen molar-refractivity contribution in [2.24, 2.45) is 0 Å². The molecule has 1 N–H and O–H groups in total. The van der Waals surface area contributed by atoms with Gasteiger partial charge in [-0.3, -0.25) is 0 Å². The van der Waals surface area contributed by atoms with Crippen LogP contribution in [0, 0.1) is 6.92 Å². The van der Waals surface area contributed by atoms with E-state index < -0.39 is 0 Å². The van der Waals surface area contributed by atoms with Gasteiger partial charge in [-0.25, -0.2) is 0 Å². The predicted octanol–water partition coefficient (Wildman–Crippen LogP) is 4.94. The summed E-state index contributed by atoms with van der Waals surface area (Å²) in [6, 6.07) is 13.8. The molecule has 2 rings (SSSR count). The average Bonchev–Trinajstić information content (AvgIpc) is 2.44. The van der Waals surface area contributed by atoms with Crippen molar-refractivity contribution in [3.8, 4) is 11.5 Å². The highest BCUT2D eigenvalue weighted by atomic mass is 35.5. The van der Waals surface area contributed by atoms with Gasteiger partial charge in [0.25, 0.3) is 0 Å². The zero-order valence-electron chi connectivity index (χ0n) is 11.9. The van der Waals surface area contributed by atoms with Crippen molar-refractivity contribution in [1.82, 2.24) is 5.32 Å². The molecule has 0 spiro atoms. The standard InChI is InChI=1S/C17H20ClNO/c1-3-10-19-12-14-6-7-15(18)11-17(14)20-16-8-4-13(2)5-9-16/h4-9,11,19H,3,10,12H2,1-2H3. The number of halogens is 1. The zero-order chi connectivity index (χ0) is 14.4. The Morgan fingerprint density at radius 2 is 1.85 bits per heavy atom. The van der Waals surface area contributed by atoms with Gasteiger partial charge in [0.2, 0.25) is 0 Å². The summed E-state index contributed by atoms with van der Waals surface area (Å²) in [6.07, 6.45) is 1.11. The molecule has 0 aromatic heterocycles. The van der Waals surface area contributed by atoms with Gasteiger partial charge in [-0.05, 0) is 44.2 Å². The highest BCUT2D eigenvalue weighted by molar-refractivity contribution is 6.30. The van der Waals surface area contributed by atoms with Crippen molar-refractivity contribution >= 4 is 11.6 Å². The molecule has 0 amide bonds. The molecule has 20 heavy (non-hydrogen) atoms. The van der Waals surface area contributed by atoms with Crippen LogP contribution in [-0.4, -0.2) is 6.54 Å². The third-order valence-corrected chi connectivity index (χ3v) is 3.26. The van der Waals surface area contributed by atoms with Crippen molar-refractivity contribution < 1.29 is 4.74 Å². The Hall–Kier alpha value is -1.51. The van der Waals surface area contributed by atoms with Crippen LogP contribution in [0.3, 0.4) is 0 Å². The molecule has 2 aromatic rings. The minimum absolute atomic E-state index is 0.686. The van der Waals surface area contributed by atoms with Gasteiger partial charge >= 0.3 is 0 Å². The lowest BCUT2D eigenvalue weighted by Gasteiger charge is -2.12. The highest BCUT2D eigenvalue weighted by Gasteiger charge is 2.06. The molecule has 2 aromatic carbocycles. The van der Waals surface area contributed by atoms with Gasteiger partial charge in [-0.1, -0.05) is 42.3 Å². The van der Waals surface area contributed by atoms with Gasteiger partial charge in [0.05, 0.1) is 0 Å². The third kappa shape index (κ3) is 4.26. The molecule has 0 aliphatic rings. The van der Waals surface area contributed by atoms with E-state index in [0.717, 1.165) is 36.6 Å². The van der Waals surface area contributed by atoms with E-state index in [-0.39, 0.29) is 0 Å². The number of nitrogens with one attached hydrogen (secondary N) is 1. The lowest BCUT2D eigenvalue weighted by molar-refractivity contribution is 0.472. The number of ether oxygens (including phenoxy) is 1. The molecule has 0 fully saturated rings. The summed E-state index contributed by atoms with van der Waals surface area (Å²) in [4.78, 5) is 0. The molecular weight excluding hydrogens is 270 g/mol. The van der Waals surface area contributed by atoms with Gasteiger partial charge in [-0.2, -0.15) is 0 Å². The Bertz CT molecular complexity index is 551. The summed E-state index contributed by atoms with van der Waals surface area (Å²) in [5, 5.41) is 4.07. The first-order valence-electron chi connectivity index (χ1n) is 6.92. The second-order valence-electron chi connectivity index (χ2n) is 4.84. The second-order valence-corrected chi connectivity index (χ2v) is 5.28. The van der Waals surface area contributed by atoms with Crippen LogP contribution in [0.4, 0.5) is 0 Å². The van der Waals surface area contributed by atoms with Crippen LogP contribution in [0.2, 0.25) is 5.02 Å². The summed E-state index contributed by atoms with van der Waals surface area (Å²) >= 11 is 6.07. The third-order valence-electron chi connectivity index (χ3n) is 3.02. The number of aryl methyl sites for hydroxylation is 1. The van der Waals surface area contributed by atoms with E-state index in [0.29, 0.717) is 5.02 Å². The molecule has 0 unspecified atom stereocenters. The van der Waals surface area contributed by atoms with Crippen molar-refractivity contribution in [2.45, 2.75) is 26.8 Å². The molecular formula is C17H20ClNO. The molecule has 3 heteroatoms. The van der Waals surface area contributed by atoms with Crippen LogP contribution in [0.1, 0.15) is 24.5 Å². The van der Waals surface area contributed by atoms with Crippen LogP contribution in [-0.2, 0) is 6.54 Å². The van der Waals surface area contributed by atoms with E-state index >= 15 is 0 Å². The molecule has 106 valence electrons. The maximum absolute atomic E-state index is 6.07. The van der Waals surface area contributed by atoms with Crippen molar-refractivity contribution in [3.63, 3.8) is 0 Å². The van der Waals surface area contributed by atoms with E-state index in [4.69, 9.17) is 16.3 Å². The first kappa shape index (κ1) is 14.9. The van der Waals surface area contributed by atoms with Gasteiger partial charge in [0, 0.05) is 17.1 Å². The summed E-state index contributed by atoms with van der Waals surface area (Å²) in [7, 11) is 0. The van der Waals surface area contributed by atoms with E-state index in [1.807, 2.05) is 42.5 Å². The number of rotatable bonds is 6. The molecule has 0 heterocycles.